The number of allylic oxidation sites excluding steroid dienone is 2. The van der Waals surface area contributed by atoms with Crippen molar-refractivity contribution in [3.63, 3.8) is 0 Å². The van der Waals surface area contributed by atoms with Gasteiger partial charge in [-0.2, -0.15) is 5.10 Å². The number of hydrazone groups is 1. The Hall–Kier alpha value is -4.32. The van der Waals surface area contributed by atoms with E-state index in [4.69, 9.17) is 4.98 Å². The zero-order valence-electron chi connectivity index (χ0n) is 18.8. The van der Waals surface area contributed by atoms with E-state index in [0.717, 1.165) is 27.9 Å². The van der Waals surface area contributed by atoms with E-state index in [2.05, 4.69) is 46.2 Å². The Morgan fingerprint density at radius 2 is 1.70 bits per heavy atom. The lowest BCUT2D eigenvalue weighted by atomic mass is 9.99. The molecule has 0 bridgehead atoms. The van der Waals surface area contributed by atoms with E-state index in [0.29, 0.717) is 18.2 Å². The van der Waals surface area contributed by atoms with Crippen molar-refractivity contribution in [2.75, 3.05) is 6.54 Å². The lowest BCUT2D eigenvalue weighted by Crippen LogP contribution is -2.15. The summed E-state index contributed by atoms with van der Waals surface area (Å²) in [6.45, 7) is 8.45. The maximum atomic E-state index is 4.69. The van der Waals surface area contributed by atoms with Gasteiger partial charge >= 0.3 is 0 Å². The molecule has 4 aromatic rings. The lowest BCUT2D eigenvalue weighted by molar-refractivity contribution is 0.439. The Balaban J connectivity index is 0.00000126. The summed E-state index contributed by atoms with van der Waals surface area (Å²) in [5, 5.41) is 11.2. The van der Waals surface area contributed by atoms with Gasteiger partial charge in [-0.15, -0.1) is 5.10 Å². The summed E-state index contributed by atoms with van der Waals surface area (Å²) in [7, 11) is 0. The second kappa shape index (κ2) is 10.3. The van der Waals surface area contributed by atoms with Crippen LogP contribution in [0.2, 0.25) is 0 Å². The van der Waals surface area contributed by atoms with Gasteiger partial charge in [0.25, 0.3) is 0 Å². The Morgan fingerprint density at radius 3 is 2.42 bits per heavy atom. The fraction of sp³-hybridized carbons (Fsp3) is 0.111. The molecule has 6 heteroatoms. The minimum absolute atomic E-state index is 0.544. The smallest absolute Gasteiger partial charge is 0.182 e. The molecule has 0 aliphatic carbocycles. The van der Waals surface area contributed by atoms with Crippen LogP contribution in [-0.4, -0.2) is 38.7 Å². The molecule has 6 nitrogen and oxygen atoms in total. The van der Waals surface area contributed by atoms with Gasteiger partial charge in [0.05, 0.1) is 6.54 Å². The van der Waals surface area contributed by atoms with Crippen LogP contribution in [0.5, 0.6) is 0 Å². The van der Waals surface area contributed by atoms with Gasteiger partial charge < -0.3 is 0 Å². The Bertz CT molecular complexity index is 1300. The molecular weight excluding hydrogens is 408 g/mol. The Kier molecular flexibility index (Phi) is 6.85. The summed E-state index contributed by atoms with van der Waals surface area (Å²) in [6, 6.07) is 22.2. The standard InChI is InChI=1S/C25H20N6.C2H6/c1-26-24(28-30-13-7-3-8-14-30)21-16-20(19-10-4-2-5-11-19)17-22(18-21)25-27-23-12-6-9-15-31(23)29-25;1-2/h2-13,15-18H,1,14H2;1-2H3/b28-24-;. The molecule has 0 N–H and O–H groups in total. The SMILES string of the molecule is C=N/C(=N\N1C=CC=CC1)c1cc(-c2ccccc2)cc(-c2nc3ccccn3n2)c1.CC. The zero-order valence-corrected chi connectivity index (χ0v) is 18.8. The number of benzene rings is 2. The molecule has 0 saturated carbocycles. The molecule has 0 unspecified atom stereocenters. The minimum Gasteiger partial charge on any atom is -0.267 e. The van der Waals surface area contributed by atoms with E-state index < -0.39 is 0 Å². The number of nitrogens with zero attached hydrogens (tertiary/aromatic N) is 6. The number of aromatic nitrogens is 3. The molecule has 1 aliphatic heterocycles. The summed E-state index contributed by atoms with van der Waals surface area (Å²) in [4.78, 5) is 8.91. The first-order valence-electron chi connectivity index (χ1n) is 11.0. The summed E-state index contributed by atoms with van der Waals surface area (Å²) in [6.07, 6.45) is 9.78. The van der Waals surface area contributed by atoms with Gasteiger partial charge in [-0.3, -0.25) is 5.01 Å². The molecule has 0 fully saturated rings. The monoisotopic (exact) mass is 434 g/mol. The van der Waals surface area contributed by atoms with Crippen LogP contribution in [0, 0.1) is 0 Å². The second-order valence-corrected chi connectivity index (χ2v) is 7.08. The highest BCUT2D eigenvalue weighted by Crippen LogP contribution is 2.28. The molecule has 0 saturated heterocycles. The average molecular weight is 435 g/mol. The Labute approximate surface area is 193 Å². The minimum atomic E-state index is 0.544. The highest BCUT2D eigenvalue weighted by atomic mass is 15.5. The predicted molar refractivity (Wildman–Crippen MR) is 136 cm³/mol. The molecule has 5 rings (SSSR count). The number of amidine groups is 1. The number of hydrogen-bond donors (Lipinski definition) is 0. The van der Waals surface area contributed by atoms with Crippen LogP contribution in [0.3, 0.4) is 0 Å². The van der Waals surface area contributed by atoms with Crippen molar-refractivity contribution in [1.29, 1.82) is 0 Å². The molecule has 33 heavy (non-hydrogen) atoms. The van der Waals surface area contributed by atoms with Crippen molar-refractivity contribution in [2.45, 2.75) is 13.8 Å². The number of rotatable bonds is 4. The number of fused-ring (bicyclic) bond motifs is 1. The highest BCUT2D eigenvalue weighted by molar-refractivity contribution is 6.03. The van der Waals surface area contributed by atoms with Crippen LogP contribution in [0.1, 0.15) is 19.4 Å². The summed E-state index contributed by atoms with van der Waals surface area (Å²) >= 11 is 0. The van der Waals surface area contributed by atoms with Crippen LogP contribution >= 0.6 is 0 Å². The van der Waals surface area contributed by atoms with Gasteiger partial charge in [-0.05, 0) is 54.3 Å². The Morgan fingerprint density at radius 1 is 0.909 bits per heavy atom. The van der Waals surface area contributed by atoms with Gasteiger partial charge in [-0.25, -0.2) is 14.5 Å². The van der Waals surface area contributed by atoms with E-state index in [9.17, 15) is 0 Å². The average Bonchev–Trinajstić information content (AvgIpc) is 3.34. The normalized spacial score (nSPS) is 13.0. The largest absolute Gasteiger partial charge is 0.267 e. The molecule has 2 aromatic carbocycles. The molecular formula is C27H26N6. The van der Waals surface area contributed by atoms with Gasteiger partial charge in [0.2, 0.25) is 0 Å². The van der Waals surface area contributed by atoms with Crippen molar-refractivity contribution in [1.82, 2.24) is 19.6 Å². The van der Waals surface area contributed by atoms with Crippen molar-refractivity contribution in [3.05, 3.63) is 103 Å². The molecule has 164 valence electrons. The quantitative estimate of drug-likeness (QED) is 0.300. The van der Waals surface area contributed by atoms with Gasteiger partial charge in [0.1, 0.15) is 0 Å². The maximum Gasteiger partial charge on any atom is 0.182 e. The predicted octanol–water partition coefficient (Wildman–Crippen LogP) is 5.84. The van der Waals surface area contributed by atoms with Crippen LogP contribution in [-0.2, 0) is 0 Å². The first-order chi connectivity index (χ1) is 16.3. The van der Waals surface area contributed by atoms with Gasteiger partial charge in [0, 0.05) is 23.5 Å². The maximum absolute atomic E-state index is 4.69. The van der Waals surface area contributed by atoms with Crippen LogP contribution < -0.4 is 0 Å². The van der Waals surface area contributed by atoms with E-state index in [1.54, 1.807) is 4.52 Å². The van der Waals surface area contributed by atoms with Gasteiger partial charge in [0.15, 0.2) is 17.3 Å². The molecule has 2 aromatic heterocycles. The van der Waals surface area contributed by atoms with Crippen molar-refractivity contribution >= 4 is 18.2 Å². The molecule has 3 heterocycles. The number of pyridine rings is 1. The van der Waals surface area contributed by atoms with Crippen molar-refractivity contribution in [2.24, 2.45) is 10.1 Å². The summed E-state index contributed by atoms with van der Waals surface area (Å²) < 4.78 is 1.77. The van der Waals surface area contributed by atoms with E-state index in [1.807, 2.05) is 91.9 Å². The summed E-state index contributed by atoms with van der Waals surface area (Å²) in [5.74, 6) is 1.19. The van der Waals surface area contributed by atoms with Crippen molar-refractivity contribution < 1.29 is 0 Å². The third-order valence-electron chi connectivity index (χ3n) is 4.97. The topological polar surface area (TPSA) is 58.2 Å². The molecule has 0 radical (unpaired) electrons. The fourth-order valence-corrected chi connectivity index (χ4v) is 3.47. The molecule has 0 spiro atoms. The van der Waals surface area contributed by atoms with Crippen LogP contribution in [0.25, 0.3) is 28.2 Å². The number of aliphatic imine (C=N–C) groups is 1. The molecule has 0 amide bonds. The van der Waals surface area contributed by atoms with E-state index >= 15 is 0 Å². The fourth-order valence-electron chi connectivity index (χ4n) is 3.47. The first kappa shape index (κ1) is 21.9. The lowest BCUT2D eigenvalue weighted by Gasteiger charge is -2.16. The molecule has 1 aliphatic rings. The first-order valence-corrected chi connectivity index (χ1v) is 11.0. The third kappa shape index (κ3) is 4.96. The van der Waals surface area contributed by atoms with Crippen LogP contribution in [0.4, 0.5) is 0 Å². The number of hydrogen-bond acceptors (Lipinski definition) is 4. The zero-order chi connectivity index (χ0) is 23.0. The second-order valence-electron chi connectivity index (χ2n) is 7.08. The summed E-state index contributed by atoms with van der Waals surface area (Å²) in [5.41, 5.74) is 4.68. The van der Waals surface area contributed by atoms with E-state index in [1.165, 1.54) is 0 Å². The molecule has 0 atom stereocenters. The van der Waals surface area contributed by atoms with E-state index in [-0.39, 0.29) is 0 Å². The highest BCUT2D eigenvalue weighted by Gasteiger charge is 2.13. The van der Waals surface area contributed by atoms with Crippen molar-refractivity contribution in [3.8, 4) is 22.5 Å². The van der Waals surface area contributed by atoms with Crippen LogP contribution in [0.15, 0.2) is 107 Å². The third-order valence-corrected chi connectivity index (χ3v) is 4.97. The van der Waals surface area contributed by atoms with Gasteiger partial charge in [-0.1, -0.05) is 62.4 Å².